The van der Waals surface area contributed by atoms with E-state index in [1.807, 2.05) is 0 Å². The van der Waals surface area contributed by atoms with Crippen LogP contribution in [-0.4, -0.2) is 32.7 Å². The van der Waals surface area contributed by atoms with Crippen LogP contribution in [0.4, 0.5) is 11.9 Å². The van der Waals surface area contributed by atoms with E-state index in [1.165, 1.54) is 0 Å². The molecule has 6 nitrogen and oxygen atoms in total. The third-order valence-electron chi connectivity index (χ3n) is 3.08. The van der Waals surface area contributed by atoms with Gasteiger partial charge in [0.15, 0.2) is 0 Å². The summed E-state index contributed by atoms with van der Waals surface area (Å²) in [5.74, 6) is 0.720. The standard InChI is InChI=1S/C10H16ClN5O/c11-8-14-9(12)16-10(15-8)13-7-4-2-1-3-6(7)5-17/h6-7,17H,1-5H2,(H3,12,13,14,15,16). The Morgan fingerprint density at radius 3 is 2.76 bits per heavy atom. The lowest BCUT2D eigenvalue weighted by Crippen LogP contribution is -2.35. The molecule has 94 valence electrons. The van der Waals surface area contributed by atoms with E-state index >= 15 is 0 Å². The number of nitrogens with one attached hydrogen (secondary N) is 1. The lowest BCUT2D eigenvalue weighted by atomic mass is 9.85. The second kappa shape index (κ2) is 5.46. The highest BCUT2D eigenvalue weighted by atomic mass is 35.5. The van der Waals surface area contributed by atoms with Crippen LogP contribution < -0.4 is 11.1 Å². The zero-order valence-corrected chi connectivity index (χ0v) is 10.2. The van der Waals surface area contributed by atoms with Crippen LogP contribution in [0.5, 0.6) is 0 Å². The Morgan fingerprint density at radius 2 is 2.06 bits per heavy atom. The number of aromatic nitrogens is 3. The van der Waals surface area contributed by atoms with Crippen molar-refractivity contribution >= 4 is 23.5 Å². The van der Waals surface area contributed by atoms with Crippen LogP contribution in [0.1, 0.15) is 25.7 Å². The molecule has 0 bridgehead atoms. The SMILES string of the molecule is Nc1nc(Cl)nc(NC2CCCCC2CO)n1. The molecule has 2 rings (SSSR count). The van der Waals surface area contributed by atoms with E-state index in [0.717, 1.165) is 25.7 Å². The van der Waals surface area contributed by atoms with Crippen molar-refractivity contribution in [3.05, 3.63) is 5.28 Å². The van der Waals surface area contributed by atoms with Crippen LogP contribution >= 0.6 is 11.6 Å². The van der Waals surface area contributed by atoms with Crippen LogP contribution in [0, 0.1) is 5.92 Å². The quantitative estimate of drug-likeness (QED) is 0.750. The van der Waals surface area contributed by atoms with Gasteiger partial charge in [0, 0.05) is 18.6 Å². The summed E-state index contributed by atoms with van der Waals surface area (Å²) in [4.78, 5) is 11.6. The molecule has 17 heavy (non-hydrogen) atoms. The molecule has 0 spiro atoms. The molecule has 1 fully saturated rings. The smallest absolute Gasteiger partial charge is 0.229 e. The first-order chi connectivity index (χ1) is 8.19. The fourth-order valence-electron chi connectivity index (χ4n) is 2.21. The Balaban J connectivity index is 2.08. The largest absolute Gasteiger partial charge is 0.396 e. The Morgan fingerprint density at radius 1 is 1.29 bits per heavy atom. The average Bonchev–Trinajstić information content (AvgIpc) is 2.28. The van der Waals surface area contributed by atoms with Gasteiger partial charge in [0.05, 0.1) is 0 Å². The number of hydrogen-bond acceptors (Lipinski definition) is 6. The highest BCUT2D eigenvalue weighted by molar-refractivity contribution is 6.28. The molecule has 1 aliphatic rings. The summed E-state index contributed by atoms with van der Waals surface area (Å²) in [7, 11) is 0. The van der Waals surface area contributed by atoms with Gasteiger partial charge in [-0.15, -0.1) is 0 Å². The fourth-order valence-corrected chi connectivity index (χ4v) is 2.38. The molecular weight excluding hydrogens is 242 g/mol. The zero-order valence-electron chi connectivity index (χ0n) is 9.43. The molecule has 7 heteroatoms. The number of nitrogens with zero attached hydrogens (tertiary/aromatic N) is 3. The Hall–Kier alpha value is -1.14. The van der Waals surface area contributed by atoms with Gasteiger partial charge < -0.3 is 16.2 Å². The highest BCUT2D eigenvalue weighted by Crippen LogP contribution is 2.26. The minimum atomic E-state index is 0.0800. The maximum atomic E-state index is 9.30. The lowest BCUT2D eigenvalue weighted by Gasteiger charge is -2.30. The van der Waals surface area contributed by atoms with E-state index in [0.29, 0.717) is 5.95 Å². The summed E-state index contributed by atoms with van der Waals surface area (Å²) in [5, 5.41) is 12.6. The van der Waals surface area contributed by atoms with Gasteiger partial charge in [-0.25, -0.2) is 0 Å². The van der Waals surface area contributed by atoms with Crippen molar-refractivity contribution in [2.75, 3.05) is 17.7 Å². The van der Waals surface area contributed by atoms with E-state index in [-0.39, 0.29) is 29.8 Å². The van der Waals surface area contributed by atoms with E-state index in [4.69, 9.17) is 17.3 Å². The van der Waals surface area contributed by atoms with Gasteiger partial charge in [-0.05, 0) is 24.4 Å². The third kappa shape index (κ3) is 3.17. The minimum Gasteiger partial charge on any atom is -0.396 e. The molecule has 1 heterocycles. The molecule has 1 aliphatic carbocycles. The summed E-state index contributed by atoms with van der Waals surface area (Å²) in [6.07, 6.45) is 4.31. The Labute approximate surface area is 105 Å². The molecule has 0 radical (unpaired) electrons. The molecule has 1 aromatic heterocycles. The van der Waals surface area contributed by atoms with Gasteiger partial charge in [-0.1, -0.05) is 12.8 Å². The fraction of sp³-hybridized carbons (Fsp3) is 0.700. The highest BCUT2D eigenvalue weighted by Gasteiger charge is 2.25. The summed E-state index contributed by atoms with van der Waals surface area (Å²) < 4.78 is 0. The maximum Gasteiger partial charge on any atom is 0.229 e. The van der Waals surface area contributed by atoms with Gasteiger partial charge >= 0.3 is 0 Å². The van der Waals surface area contributed by atoms with Crippen molar-refractivity contribution in [1.29, 1.82) is 0 Å². The normalized spacial score (nSPS) is 24.6. The second-order valence-corrected chi connectivity index (χ2v) is 4.60. The summed E-state index contributed by atoms with van der Waals surface area (Å²) in [5.41, 5.74) is 5.50. The average molecular weight is 258 g/mol. The molecule has 2 unspecified atom stereocenters. The van der Waals surface area contributed by atoms with Crippen LogP contribution in [0.15, 0.2) is 0 Å². The number of aliphatic hydroxyl groups is 1. The molecule has 4 N–H and O–H groups in total. The number of anilines is 2. The molecule has 2 atom stereocenters. The number of rotatable bonds is 3. The van der Waals surface area contributed by atoms with Crippen molar-refractivity contribution < 1.29 is 5.11 Å². The molecule has 0 aromatic carbocycles. The van der Waals surface area contributed by atoms with Crippen LogP contribution in [0.3, 0.4) is 0 Å². The predicted molar refractivity (Wildman–Crippen MR) is 65.7 cm³/mol. The Kier molecular flexibility index (Phi) is 3.96. The van der Waals surface area contributed by atoms with Gasteiger partial charge in [-0.3, -0.25) is 0 Å². The molecule has 1 saturated carbocycles. The van der Waals surface area contributed by atoms with E-state index < -0.39 is 0 Å². The van der Waals surface area contributed by atoms with Gasteiger partial charge in [0.1, 0.15) is 0 Å². The topological polar surface area (TPSA) is 97.0 Å². The lowest BCUT2D eigenvalue weighted by molar-refractivity contribution is 0.178. The van der Waals surface area contributed by atoms with Crippen molar-refractivity contribution in [2.24, 2.45) is 5.92 Å². The Bertz CT molecular complexity index is 369. The monoisotopic (exact) mass is 257 g/mol. The van der Waals surface area contributed by atoms with Gasteiger partial charge in [-0.2, -0.15) is 15.0 Å². The number of hydrogen-bond donors (Lipinski definition) is 3. The minimum absolute atomic E-state index is 0.0800. The summed E-state index contributed by atoms with van der Waals surface area (Å²) >= 11 is 5.71. The molecule has 0 saturated heterocycles. The van der Waals surface area contributed by atoms with Crippen LogP contribution in [-0.2, 0) is 0 Å². The van der Waals surface area contributed by atoms with Crippen molar-refractivity contribution in [2.45, 2.75) is 31.7 Å². The first kappa shape index (κ1) is 12.3. The van der Waals surface area contributed by atoms with E-state index in [9.17, 15) is 5.11 Å². The summed E-state index contributed by atoms with van der Waals surface area (Å²) in [6, 6.07) is 0.173. The molecule has 0 aliphatic heterocycles. The third-order valence-corrected chi connectivity index (χ3v) is 3.25. The molecule has 1 aromatic rings. The van der Waals surface area contributed by atoms with Gasteiger partial charge in [0.2, 0.25) is 17.2 Å². The maximum absolute atomic E-state index is 9.30. The first-order valence-corrected chi connectivity index (χ1v) is 6.11. The number of aliphatic hydroxyl groups excluding tert-OH is 1. The number of nitrogens with two attached hydrogens (primary N) is 1. The van der Waals surface area contributed by atoms with Crippen molar-refractivity contribution in [3.63, 3.8) is 0 Å². The molecule has 0 amide bonds. The molecular formula is C10H16ClN5O. The summed E-state index contributed by atoms with van der Waals surface area (Å²) in [6.45, 7) is 0.173. The van der Waals surface area contributed by atoms with E-state index in [2.05, 4.69) is 20.3 Å². The zero-order chi connectivity index (χ0) is 12.3. The number of nitrogen functional groups attached to an aromatic ring is 1. The van der Waals surface area contributed by atoms with E-state index in [1.54, 1.807) is 0 Å². The van der Waals surface area contributed by atoms with Gasteiger partial charge in [0.25, 0.3) is 0 Å². The van der Waals surface area contributed by atoms with Crippen LogP contribution in [0.2, 0.25) is 5.28 Å². The first-order valence-electron chi connectivity index (χ1n) is 5.73. The second-order valence-electron chi connectivity index (χ2n) is 4.26. The van der Waals surface area contributed by atoms with Crippen LogP contribution in [0.25, 0.3) is 0 Å². The van der Waals surface area contributed by atoms with Crippen molar-refractivity contribution in [1.82, 2.24) is 15.0 Å². The number of halogens is 1. The van der Waals surface area contributed by atoms with Crippen molar-refractivity contribution in [3.8, 4) is 0 Å². The predicted octanol–water partition coefficient (Wildman–Crippen LogP) is 1.07.